The lowest BCUT2D eigenvalue weighted by molar-refractivity contribution is -0.385. The van der Waals surface area contributed by atoms with Gasteiger partial charge >= 0.3 is 11.7 Å². The number of carbonyl (C=O) groups is 2. The highest BCUT2D eigenvalue weighted by molar-refractivity contribution is 6.33. The van der Waals surface area contributed by atoms with E-state index in [1.807, 2.05) is 0 Å². The maximum atomic E-state index is 12.3. The molecule has 0 fully saturated rings. The van der Waals surface area contributed by atoms with E-state index in [1.165, 1.54) is 19.4 Å². The fraction of sp³-hybridized carbons (Fsp3) is 0.100. The summed E-state index contributed by atoms with van der Waals surface area (Å²) in [6, 6.07) is 11.2. The number of hydrogen-bond acceptors (Lipinski definition) is 8. The van der Waals surface area contributed by atoms with Crippen LogP contribution in [0.1, 0.15) is 15.9 Å². The molecular weight excluding hydrogens is 442 g/mol. The summed E-state index contributed by atoms with van der Waals surface area (Å²) in [5, 5.41) is 18.4. The molecule has 0 saturated heterocycles. The smallest absolute Gasteiger partial charge is 0.345 e. The Balaban J connectivity index is 1.61. The number of halogens is 1. The lowest BCUT2D eigenvalue weighted by atomic mass is 10.2. The van der Waals surface area contributed by atoms with Gasteiger partial charge < -0.3 is 9.47 Å². The predicted octanol–water partition coefficient (Wildman–Crippen LogP) is 2.82. The average molecular weight is 458 g/mol. The molecule has 2 aromatic carbocycles. The zero-order chi connectivity index (χ0) is 23.1. The van der Waals surface area contributed by atoms with Crippen molar-refractivity contribution < 1.29 is 24.0 Å². The molecule has 12 heteroatoms. The SMILES string of the molecule is COc1cc(/C=N/NC(=O)Cn2cc([N+](=O)[O-])cn2)ccc1OC(=O)c1ccccc1Cl. The Morgan fingerprint density at radius 3 is 2.75 bits per heavy atom. The van der Waals surface area contributed by atoms with Gasteiger partial charge in [0.15, 0.2) is 11.5 Å². The number of benzene rings is 2. The van der Waals surface area contributed by atoms with Crippen LogP contribution >= 0.6 is 11.6 Å². The van der Waals surface area contributed by atoms with Crippen molar-refractivity contribution in [3.63, 3.8) is 0 Å². The van der Waals surface area contributed by atoms with E-state index in [0.29, 0.717) is 5.56 Å². The Bertz CT molecular complexity index is 1190. The lowest BCUT2D eigenvalue weighted by Gasteiger charge is -2.10. The molecule has 3 rings (SSSR count). The molecule has 0 saturated carbocycles. The number of aromatic nitrogens is 2. The molecule has 164 valence electrons. The van der Waals surface area contributed by atoms with Crippen LogP contribution < -0.4 is 14.9 Å². The van der Waals surface area contributed by atoms with Crippen LogP contribution in [-0.4, -0.2) is 39.9 Å². The fourth-order valence-electron chi connectivity index (χ4n) is 2.53. The molecule has 1 heterocycles. The van der Waals surface area contributed by atoms with Gasteiger partial charge in [-0.1, -0.05) is 23.7 Å². The Hall–Kier alpha value is -4.25. The first kappa shape index (κ1) is 22.4. The Kier molecular flexibility index (Phi) is 7.13. The van der Waals surface area contributed by atoms with E-state index in [4.69, 9.17) is 21.1 Å². The van der Waals surface area contributed by atoms with E-state index in [2.05, 4.69) is 15.6 Å². The molecule has 3 aromatic rings. The van der Waals surface area contributed by atoms with Crippen LogP contribution in [0.15, 0.2) is 60.0 Å². The highest BCUT2D eigenvalue weighted by Crippen LogP contribution is 2.29. The molecule has 1 N–H and O–H groups in total. The normalized spacial score (nSPS) is 10.7. The molecule has 0 radical (unpaired) electrons. The maximum absolute atomic E-state index is 12.3. The first-order chi connectivity index (χ1) is 15.4. The maximum Gasteiger partial charge on any atom is 0.345 e. The van der Waals surface area contributed by atoms with E-state index < -0.39 is 16.8 Å². The first-order valence-electron chi connectivity index (χ1n) is 9.01. The van der Waals surface area contributed by atoms with Crippen LogP contribution in [-0.2, 0) is 11.3 Å². The summed E-state index contributed by atoms with van der Waals surface area (Å²) >= 11 is 6.01. The lowest BCUT2D eigenvalue weighted by Crippen LogP contribution is -2.23. The van der Waals surface area contributed by atoms with Gasteiger partial charge in [-0.05, 0) is 35.9 Å². The number of ether oxygens (including phenoxy) is 2. The second-order valence-corrected chi connectivity index (χ2v) is 6.63. The third-order valence-corrected chi connectivity index (χ3v) is 4.35. The zero-order valence-corrected chi connectivity index (χ0v) is 17.4. The van der Waals surface area contributed by atoms with Gasteiger partial charge in [-0.3, -0.25) is 19.6 Å². The highest BCUT2D eigenvalue weighted by atomic mass is 35.5. The van der Waals surface area contributed by atoms with E-state index in [1.54, 1.807) is 36.4 Å². The first-order valence-corrected chi connectivity index (χ1v) is 9.38. The van der Waals surface area contributed by atoms with Crippen molar-refractivity contribution in [3.8, 4) is 11.5 Å². The van der Waals surface area contributed by atoms with Gasteiger partial charge in [-0.25, -0.2) is 10.2 Å². The molecule has 0 unspecified atom stereocenters. The van der Waals surface area contributed by atoms with Gasteiger partial charge in [-0.2, -0.15) is 10.2 Å². The molecule has 0 aliphatic carbocycles. The van der Waals surface area contributed by atoms with Crippen molar-refractivity contribution in [2.75, 3.05) is 7.11 Å². The van der Waals surface area contributed by atoms with E-state index >= 15 is 0 Å². The third kappa shape index (κ3) is 5.67. The van der Waals surface area contributed by atoms with Crippen molar-refractivity contribution in [3.05, 3.63) is 81.1 Å². The monoisotopic (exact) mass is 457 g/mol. The van der Waals surface area contributed by atoms with Gasteiger partial charge in [0.2, 0.25) is 0 Å². The minimum atomic E-state index is -0.638. The molecule has 1 aromatic heterocycles. The Labute approximate surface area is 186 Å². The zero-order valence-electron chi connectivity index (χ0n) is 16.6. The summed E-state index contributed by atoms with van der Waals surface area (Å²) in [5.41, 5.74) is 2.84. The minimum absolute atomic E-state index is 0.180. The summed E-state index contributed by atoms with van der Waals surface area (Å²) < 4.78 is 11.7. The third-order valence-electron chi connectivity index (χ3n) is 4.02. The number of hydrazone groups is 1. The van der Waals surface area contributed by atoms with Gasteiger partial charge in [0.05, 0.1) is 28.8 Å². The van der Waals surface area contributed by atoms with Crippen molar-refractivity contribution in [1.82, 2.24) is 15.2 Å². The summed E-state index contributed by atoms with van der Waals surface area (Å²) in [4.78, 5) is 34.3. The summed E-state index contributed by atoms with van der Waals surface area (Å²) in [5.74, 6) is -0.721. The summed E-state index contributed by atoms with van der Waals surface area (Å²) in [6.45, 7) is -0.245. The van der Waals surface area contributed by atoms with Crippen molar-refractivity contribution in [1.29, 1.82) is 0 Å². The standard InChI is InChI=1S/C20H16ClN5O6/c1-31-18-8-13(6-7-17(18)32-20(28)15-4-2-3-5-16(15)21)9-22-24-19(27)12-25-11-14(10-23-25)26(29)30/h2-11H,12H2,1H3,(H,24,27)/b22-9+. The van der Waals surface area contributed by atoms with Crippen LogP contribution in [0.3, 0.4) is 0 Å². The predicted molar refractivity (Wildman–Crippen MR) is 114 cm³/mol. The number of methoxy groups -OCH3 is 1. The molecule has 0 aliphatic heterocycles. The van der Waals surface area contributed by atoms with Gasteiger partial charge in [0, 0.05) is 0 Å². The van der Waals surface area contributed by atoms with Crippen LogP contribution in [0, 0.1) is 10.1 Å². The largest absolute Gasteiger partial charge is 0.493 e. The number of nitrogens with one attached hydrogen (secondary N) is 1. The minimum Gasteiger partial charge on any atom is -0.493 e. The van der Waals surface area contributed by atoms with Crippen LogP contribution in [0.2, 0.25) is 5.02 Å². The molecular formula is C20H16ClN5O6. The Morgan fingerprint density at radius 1 is 1.28 bits per heavy atom. The molecule has 1 amide bonds. The second kappa shape index (κ2) is 10.2. The molecule has 11 nitrogen and oxygen atoms in total. The number of amides is 1. The molecule has 0 spiro atoms. The number of esters is 1. The fourth-order valence-corrected chi connectivity index (χ4v) is 2.74. The Morgan fingerprint density at radius 2 is 2.06 bits per heavy atom. The number of hydrogen-bond donors (Lipinski definition) is 1. The van der Waals surface area contributed by atoms with Crippen LogP contribution in [0.5, 0.6) is 11.5 Å². The average Bonchev–Trinajstić information content (AvgIpc) is 3.23. The second-order valence-electron chi connectivity index (χ2n) is 6.23. The number of nitro groups is 1. The number of nitrogens with zero attached hydrogens (tertiary/aromatic N) is 4. The van der Waals surface area contributed by atoms with E-state index in [9.17, 15) is 19.7 Å². The van der Waals surface area contributed by atoms with Gasteiger partial charge in [-0.15, -0.1) is 0 Å². The quantitative estimate of drug-likeness (QED) is 0.180. The van der Waals surface area contributed by atoms with Gasteiger partial charge in [0.25, 0.3) is 5.91 Å². The molecule has 0 atom stereocenters. The van der Waals surface area contributed by atoms with Crippen molar-refractivity contribution in [2.24, 2.45) is 5.10 Å². The highest BCUT2D eigenvalue weighted by Gasteiger charge is 2.15. The molecule has 0 aliphatic rings. The molecule has 32 heavy (non-hydrogen) atoms. The van der Waals surface area contributed by atoms with Crippen LogP contribution in [0.4, 0.5) is 5.69 Å². The number of rotatable bonds is 8. The summed E-state index contributed by atoms with van der Waals surface area (Å²) in [7, 11) is 1.41. The van der Waals surface area contributed by atoms with E-state index in [-0.39, 0.29) is 34.3 Å². The number of carbonyl (C=O) groups excluding carboxylic acids is 2. The topological polar surface area (TPSA) is 138 Å². The molecule has 0 bridgehead atoms. The van der Waals surface area contributed by atoms with Gasteiger partial charge in [0.1, 0.15) is 18.9 Å². The summed E-state index contributed by atoms with van der Waals surface area (Å²) in [6.07, 6.45) is 3.53. The van der Waals surface area contributed by atoms with Crippen LogP contribution in [0.25, 0.3) is 0 Å². The van der Waals surface area contributed by atoms with E-state index in [0.717, 1.165) is 17.1 Å². The van der Waals surface area contributed by atoms with Crippen molar-refractivity contribution >= 4 is 35.4 Å². The van der Waals surface area contributed by atoms with Crippen molar-refractivity contribution in [2.45, 2.75) is 6.54 Å².